The number of halogens is 1. The number of hydrogen-bond donors (Lipinski definition) is 2. The molecule has 4 nitrogen and oxygen atoms in total. The zero-order valence-electron chi connectivity index (χ0n) is 15.6. The highest BCUT2D eigenvalue weighted by atomic mass is 35.5. The number of phenolic OH excluding ortho intramolecular Hbond substituents is 1. The molecular weight excluding hydrogens is 370 g/mol. The molecule has 26 heavy (non-hydrogen) atoms. The molecule has 0 aliphatic carbocycles. The lowest BCUT2D eigenvalue weighted by Gasteiger charge is -2.22. The van der Waals surface area contributed by atoms with E-state index in [1.165, 1.54) is 0 Å². The fraction of sp³-hybridized carbons (Fsp3) is 0.400. The Bertz CT molecular complexity index is 869. The first-order valence-corrected chi connectivity index (χ1v) is 10.8. The molecule has 0 atom stereocenters. The van der Waals surface area contributed by atoms with Crippen LogP contribution in [0.25, 0.3) is 0 Å². The van der Waals surface area contributed by atoms with Crippen LogP contribution in [-0.2, 0) is 28.2 Å². The Morgan fingerprint density at radius 2 is 1.73 bits per heavy atom. The number of phenols is 1. The number of hydrogen-bond acceptors (Lipinski definition) is 4. The lowest BCUT2D eigenvalue weighted by atomic mass is 9.86. The second-order valence-electron chi connectivity index (χ2n) is 7.56. The van der Waals surface area contributed by atoms with Gasteiger partial charge in [0.25, 0.3) is 0 Å². The van der Waals surface area contributed by atoms with Crippen LogP contribution < -0.4 is 5.32 Å². The fourth-order valence-corrected chi connectivity index (χ4v) is 3.57. The Labute approximate surface area is 161 Å². The molecule has 0 saturated heterocycles. The van der Waals surface area contributed by atoms with Crippen molar-refractivity contribution in [3.63, 3.8) is 0 Å². The maximum absolute atomic E-state index is 12.0. The van der Waals surface area contributed by atoms with Crippen molar-refractivity contribution in [2.45, 2.75) is 44.0 Å². The molecule has 2 rings (SSSR count). The molecule has 0 heterocycles. The smallest absolute Gasteiger partial charge is 0.179 e. The zero-order chi connectivity index (χ0) is 19.5. The average Bonchev–Trinajstić information content (AvgIpc) is 2.52. The van der Waals surface area contributed by atoms with Gasteiger partial charge in [-0.3, -0.25) is 0 Å². The third kappa shape index (κ3) is 5.47. The lowest BCUT2D eigenvalue weighted by molar-refractivity contribution is 0.446. The summed E-state index contributed by atoms with van der Waals surface area (Å²) < 4.78 is 24.1. The molecule has 2 aromatic carbocycles. The Kier molecular flexibility index (Phi) is 6.37. The molecule has 0 saturated carbocycles. The maximum Gasteiger partial charge on any atom is 0.179 e. The monoisotopic (exact) mass is 395 g/mol. The van der Waals surface area contributed by atoms with Crippen molar-refractivity contribution in [1.82, 2.24) is 5.32 Å². The molecule has 142 valence electrons. The third-order valence-electron chi connectivity index (χ3n) is 4.24. The molecule has 0 spiro atoms. The number of nitrogens with one attached hydrogen (secondary N) is 1. The topological polar surface area (TPSA) is 66.4 Å². The quantitative estimate of drug-likeness (QED) is 0.723. The van der Waals surface area contributed by atoms with E-state index in [1.807, 2.05) is 51.1 Å². The fourth-order valence-electron chi connectivity index (χ4n) is 2.62. The Morgan fingerprint density at radius 3 is 2.27 bits per heavy atom. The molecular formula is C20H26ClNO3S. The SMILES string of the molecule is CC(C)(C)c1cc(CNCCc2ccc(Cl)cc2)c(O)c(S(C)(=O)=O)c1. The van der Waals surface area contributed by atoms with E-state index in [2.05, 4.69) is 5.32 Å². The molecule has 0 unspecified atom stereocenters. The van der Waals surface area contributed by atoms with Gasteiger partial charge in [0, 0.05) is 23.4 Å². The van der Waals surface area contributed by atoms with Gasteiger partial charge < -0.3 is 10.4 Å². The van der Waals surface area contributed by atoms with Gasteiger partial charge in [0.1, 0.15) is 10.6 Å². The molecule has 2 aromatic rings. The van der Waals surface area contributed by atoms with Gasteiger partial charge in [0.15, 0.2) is 9.84 Å². The summed E-state index contributed by atoms with van der Waals surface area (Å²) in [6.45, 7) is 7.15. The van der Waals surface area contributed by atoms with Gasteiger partial charge in [0.2, 0.25) is 0 Å². The van der Waals surface area contributed by atoms with Crippen molar-refractivity contribution in [1.29, 1.82) is 0 Å². The summed E-state index contributed by atoms with van der Waals surface area (Å²) in [5.41, 5.74) is 2.41. The molecule has 0 aromatic heterocycles. The minimum atomic E-state index is -3.51. The largest absolute Gasteiger partial charge is 0.506 e. The second-order valence-corrected chi connectivity index (χ2v) is 9.98. The van der Waals surface area contributed by atoms with Gasteiger partial charge in [-0.25, -0.2) is 8.42 Å². The van der Waals surface area contributed by atoms with Crippen LogP contribution in [0.2, 0.25) is 5.02 Å². The van der Waals surface area contributed by atoms with Crippen LogP contribution in [0.15, 0.2) is 41.3 Å². The maximum atomic E-state index is 12.0. The van der Waals surface area contributed by atoms with Crippen LogP contribution >= 0.6 is 11.6 Å². The van der Waals surface area contributed by atoms with Crippen LogP contribution in [0.4, 0.5) is 0 Å². The Morgan fingerprint density at radius 1 is 1.12 bits per heavy atom. The molecule has 0 radical (unpaired) electrons. The van der Waals surface area contributed by atoms with Crippen molar-refractivity contribution >= 4 is 21.4 Å². The van der Waals surface area contributed by atoms with Crippen LogP contribution in [0.5, 0.6) is 5.75 Å². The van der Waals surface area contributed by atoms with E-state index in [1.54, 1.807) is 6.07 Å². The van der Waals surface area contributed by atoms with E-state index in [4.69, 9.17) is 11.6 Å². The summed E-state index contributed by atoms with van der Waals surface area (Å²) in [5.74, 6) is -0.167. The van der Waals surface area contributed by atoms with Gasteiger partial charge in [-0.1, -0.05) is 50.6 Å². The van der Waals surface area contributed by atoms with E-state index >= 15 is 0 Å². The first kappa shape index (κ1) is 20.7. The summed E-state index contributed by atoms with van der Waals surface area (Å²) >= 11 is 5.88. The van der Waals surface area contributed by atoms with Crippen LogP contribution in [-0.4, -0.2) is 26.3 Å². The highest BCUT2D eigenvalue weighted by Gasteiger charge is 2.22. The van der Waals surface area contributed by atoms with Gasteiger partial charge in [-0.15, -0.1) is 0 Å². The molecule has 0 aliphatic heterocycles. The number of aromatic hydroxyl groups is 1. The highest BCUT2D eigenvalue weighted by molar-refractivity contribution is 7.90. The minimum Gasteiger partial charge on any atom is -0.506 e. The van der Waals surface area contributed by atoms with Gasteiger partial charge in [-0.2, -0.15) is 0 Å². The van der Waals surface area contributed by atoms with Crippen molar-refractivity contribution in [2.24, 2.45) is 0 Å². The van der Waals surface area contributed by atoms with Gasteiger partial charge in [-0.05, 0) is 47.7 Å². The number of rotatable bonds is 6. The summed E-state index contributed by atoms with van der Waals surface area (Å²) in [6, 6.07) is 11.1. The van der Waals surface area contributed by atoms with E-state index in [9.17, 15) is 13.5 Å². The average molecular weight is 396 g/mol. The molecule has 0 fully saturated rings. The number of sulfone groups is 1. The second kappa shape index (κ2) is 7.99. The summed E-state index contributed by atoms with van der Waals surface area (Å²) in [5, 5.41) is 14.4. The molecule has 0 bridgehead atoms. The Hall–Kier alpha value is -1.56. The van der Waals surface area contributed by atoms with Crippen LogP contribution in [0.3, 0.4) is 0 Å². The minimum absolute atomic E-state index is 0.0144. The summed E-state index contributed by atoms with van der Waals surface area (Å²) in [4.78, 5) is -0.0144. The van der Waals surface area contributed by atoms with Crippen LogP contribution in [0, 0.1) is 0 Å². The predicted octanol–water partition coefficient (Wildman–Crippen LogP) is 4.08. The summed E-state index contributed by atoms with van der Waals surface area (Å²) in [7, 11) is -3.51. The molecule has 2 N–H and O–H groups in total. The van der Waals surface area contributed by atoms with Crippen molar-refractivity contribution < 1.29 is 13.5 Å². The van der Waals surface area contributed by atoms with E-state index in [0.29, 0.717) is 23.7 Å². The van der Waals surface area contributed by atoms with E-state index in [0.717, 1.165) is 23.8 Å². The number of benzene rings is 2. The lowest BCUT2D eigenvalue weighted by Crippen LogP contribution is -2.19. The van der Waals surface area contributed by atoms with E-state index < -0.39 is 9.84 Å². The van der Waals surface area contributed by atoms with Gasteiger partial charge in [0.05, 0.1) is 0 Å². The predicted molar refractivity (Wildman–Crippen MR) is 107 cm³/mol. The highest BCUT2D eigenvalue weighted by Crippen LogP contribution is 2.33. The zero-order valence-corrected chi connectivity index (χ0v) is 17.2. The Balaban J connectivity index is 2.16. The van der Waals surface area contributed by atoms with Crippen molar-refractivity contribution in [3.05, 3.63) is 58.1 Å². The van der Waals surface area contributed by atoms with Gasteiger partial charge >= 0.3 is 0 Å². The molecule has 0 amide bonds. The third-order valence-corrected chi connectivity index (χ3v) is 5.60. The molecule has 6 heteroatoms. The normalized spacial score (nSPS) is 12.3. The summed E-state index contributed by atoms with van der Waals surface area (Å²) in [6.07, 6.45) is 1.93. The molecule has 0 aliphatic rings. The van der Waals surface area contributed by atoms with Crippen LogP contribution in [0.1, 0.15) is 37.5 Å². The standard InChI is InChI=1S/C20H26ClNO3S/c1-20(2,3)16-11-15(19(23)18(12-16)26(4,24)25)13-22-10-9-14-5-7-17(21)8-6-14/h5-8,11-12,22-23H,9-10,13H2,1-4H3. The van der Waals surface area contributed by atoms with E-state index in [-0.39, 0.29) is 16.1 Å². The first-order chi connectivity index (χ1) is 12.0. The first-order valence-electron chi connectivity index (χ1n) is 8.50. The van der Waals surface area contributed by atoms with Crippen molar-refractivity contribution in [3.8, 4) is 5.75 Å². The van der Waals surface area contributed by atoms with Crippen molar-refractivity contribution in [2.75, 3.05) is 12.8 Å².